The van der Waals surface area contributed by atoms with E-state index < -0.39 is 10.3 Å². The molecule has 3 aliphatic carbocycles. The highest BCUT2D eigenvalue weighted by atomic mass is 32.2. The fraction of sp³-hybridized carbons (Fsp3) is 0.538. The zero-order chi connectivity index (χ0) is 23.2. The van der Waals surface area contributed by atoms with Crippen LogP contribution >= 0.6 is 0 Å². The molecule has 178 valence electrons. The summed E-state index contributed by atoms with van der Waals surface area (Å²) >= 11 is 0. The molecule has 7 heteroatoms. The van der Waals surface area contributed by atoms with Gasteiger partial charge in [0.15, 0.2) is 11.5 Å². The van der Waals surface area contributed by atoms with Gasteiger partial charge in [0, 0.05) is 0 Å². The highest BCUT2D eigenvalue weighted by Crippen LogP contribution is 2.62. The summed E-state index contributed by atoms with van der Waals surface area (Å²) < 4.78 is 40.5. The Morgan fingerprint density at radius 1 is 1.06 bits per heavy atom. The summed E-state index contributed by atoms with van der Waals surface area (Å²) in [5, 5.41) is 5.22. The SMILES string of the molecule is COc1cc2c(cc1OCc1ccccc1)CC[C@@H]1[C@@H]2CC[C@]2(C)[C@@H](OS(N)(=O)=O)CC[C@@H]12. The molecule has 2 aromatic rings. The van der Waals surface area contributed by atoms with Crippen LogP contribution in [-0.2, 0) is 27.5 Å². The Hall–Kier alpha value is -2.09. The summed E-state index contributed by atoms with van der Waals surface area (Å²) in [7, 11) is -2.25. The number of rotatable bonds is 6. The molecule has 5 atom stereocenters. The molecule has 2 N–H and O–H groups in total. The molecule has 0 aromatic heterocycles. The summed E-state index contributed by atoms with van der Waals surface area (Å²) in [6.45, 7) is 2.71. The molecule has 0 amide bonds. The molecule has 5 rings (SSSR count). The molecule has 0 unspecified atom stereocenters. The van der Waals surface area contributed by atoms with Crippen molar-refractivity contribution in [2.45, 2.75) is 64.1 Å². The van der Waals surface area contributed by atoms with E-state index in [0.717, 1.165) is 55.6 Å². The molecule has 0 aliphatic heterocycles. The molecule has 0 bridgehead atoms. The minimum Gasteiger partial charge on any atom is -0.493 e. The van der Waals surface area contributed by atoms with Crippen molar-refractivity contribution in [3.8, 4) is 11.5 Å². The fourth-order valence-corrected chi connectivity index (χ4v) is 7.50. The molecule has 0 radical (unpaired) electrons. The van der Waals surface area contributed by atoms with Crippen molar-refractivity contribution in [2.24, 2.45) is 22.4 Å². The summed E-state index contributed by atoms with van der Waals surface area (Å²) in [6, 6.07) is 14.5. The Balaban J connectivity index is 1.38. The van der Waals surface area contributed by atoms with Crippen LogP contribution in [0.25, 0.3) is 0 Å². The van der Waals surface area contributed by atoms with Gasteiger partial charge in [-0.15, -0.1) is 0 Å². The quantitative estimate of drug-likeness (QED) is 0.659. The van der Waals surface area contributed by atoms with E-state index in [0.29, 0.717) is 24.4 Å². The lowest BCUT2D eigenvalue weighted by atomic mass is 9.55. The second-order valence-electron chi connectivity index (χ2n) is 10.1. The van der Waals surface area contributed by atoms with Crippen LogP contribution in [0.1, 0.15) is 61.6 Å². The fourth-order valence-electron chi connectivity index (χ4n) is 6.86. The van der Waals surface area contributed by atoms with Crippen molar-refractivity contribution < 1.29 is 22.1 Å². The van der Waals surface area contributed by atoms with E-state index >= 15 is 0 Å². The van der Waals surface area contributed by atoms with Gasteiger partial charge in [-0.25, -0.2) is 5.14 Å². The summed E-state index contributed by atoms with van der Waals surface area (Å²) in [6.07, 6.45) is 5.48. The first-order chi connectivity index (χ1) is 15.8. The van der Waals surface area contributed by atoms with E-state index in [2.05, 4.69) is 31.2 Å². The van der Waals surface area contributed by atoms with Gasteiger partial charge in [-0.2, -0.15) is 8.42 Å². The van der Waals surface area contributed by atoms with Crippen molar-refractivity contribution in [3.05, 3.63) is 59.2 Å². The van der Waals surface area contributed by atoms with Gasteiger partial charge in [0.05, 0.1) is 13.2 Å². The van der Waals surface area contributed by atoms with Crippen molar-refractivity contribution in [1.29, 1.82) is 0 Å². The molecule has 2 aromatic carbocycles. The van der Waals surface area contributed by atoms with Crippen molar-refractivity contribution in [3.63, 3.8) is 0 Å². The third-order valence-corrected chi connectivity index (χ3v) is 8.91. The third kappa shape index (κ3) is 4.27. The second kappa shape index (κ2) is 8.60. The Kier molecular flexibility index (Phi) is 5.91. The Labute approximate surface area is 196 Å². The molecule has 33 heavy (non-hydrogen) atoms. The topological polar surface area (TPSA) is 87.8 Å². The number of hydrogen-bond acceptors (Lipinski definition) is 5. The first kappa shape index (κ1) is 22.7. The second-order valence-corrected chi connectivity index (χ2v) is 11.3. The lowest BCUT2D eigenvalue weighted by Crippen LogP contribution is -2.45. The minimum absolute atomic E-state index is 0.145. The van der Waals surface area contributed by atoms with E-state index in [4.69, 9.17) is 18.8 Å². The van der Waals surface area contributed by atoms with Crippen LogP contribution in [0.5, 0.6) is 11.5 Å². The molecule has 0 heterocycles. The number of hydrogen-bond donors (Lipinski definition) is 1. The van der Waals surface area contributed by atoms with Gasteiger partial charge in [0.25, 0.3) is 0 Å². The van der Waals surface area contributed by atoms with E-state index in [9.17, 15) is 8.42 Å². The average molecular weight is 472 g/mol. The Morgan fingerprint density at radius 2 is 1.85 bits per heavy atom. The summed E-state index contributed by atoms with van der Waals surface area (Å²) in [4.78, 5) is 0. The third-order valence-electron chi connectivity index (χ3n) is 8.41. The van der Waals surface area contributed by atoms with Crippen LogP contribution in [0.2, 0.25) is 0 Å². The molecule has 0 spiro atoms. The molecule has 2 saturated carbocycles. The first-order valence-electron chi connectivity index (χ1n) is 11.9. The lowest BCUT2D eigenvalue weighted by Gasteiger charge is -2.50. The number of methoxy groups -OCH3 is 1. The normalized spacial score (nSPS) is 30.8. The zero-order valence-corrected chi connectivity index (χ0v) is 20.1. The van der Waals surface area contributed by atoms with Crippen LogP contribution in [0, 0.1) is 17.3 Å². The van der Waals surface area contributed by atoms with Gasteiger partial charge >= 0.3 is 10.3 Å². The molecular formula is C26H33NO5S. The van der Waals surface area contributed by atoms with E-state index in [-0.39, 0.29) is 11.5 Å². The molecule has 2 fully saturated rings. The maximum absolute atomic E-state index is 11.6. The summed E-state index contributed by atoms with van der Waals surface area (Å²) in [5.74, 6) is 2.99. The van der Waals surface area contributed by atoms with Crippen LogP contribution in [0.4, 0.5) is 0 Å². The standard InChI is InChI=1S/C26H33NO5S/c1-26-13-12-19-20(22(26)10-11-25(26)32-33(27,28)29)9-8-18-14-24(23(30-2)15-21(18)19)31-16-17-6-4-3-5-7-17/h3-7,14-15,19-20,22,25H,8-13,16H2,1-2H3,(H2,27,28,29)/t19-,20+,22-,25-,26-/m0/s1. The van der Waals surface area contributed by atoms with Gasteiger partial charge in [0.1, 0.15) is 6.61 Å². The largest absolute Gasteiger partial charge is 0.493 e. The highest BCUT2D eigenvalue weighted by Gasteiger charge is 2.56. The lowest BCUT2D eigenvalue weighted by molar-refractivity contribution is -0.00806. The number of nitrogens with two attached hydrogens (primary N) is 1. The van der Waals surface area contributed by atoms with Gasteiger partial charge in [-0.05, 0) is 90.5 Å². The van der Waals surface area contributed by atoms with E-state index in [1.54, 1.807) is 7.11 Å². The van der Waals surface area contributed by atoms with Crippen LogP contribution in [-0.4, -0.2) is 21.6 Å². The zero-order valence-electron chi connectivity index (χ0n) is 19.3. The molecular weight excluding hydrogens is 438 g/mol. The van der Waals surface area contributed by atoms with Crippen molar-refractivity contribution >= 4 is 10.3 Å². The maximum Gasteiger partial charge on any atom is 0.333 e. The Bertz CT molecular complexity index is 1120. The van der Waals surface area contributed by atoms with Crippen molar-refractivity contribution in [1.82, 2.24) is 0 Å². The van der Waals surface area contributed by atoms with E-state index in [1.165, 1.54) is 11.1 Å². The minimum atomic E-state index is -3.94. The van der Waals surface area contributed by atoms with Crippen LogP contribution in [0.15, 0.2) is 42.5 Å². The Morgan fingerprint density at radius 3 is 2.58 bits per heavy atom. The predicted molar refractivity (Wildman–Crippen MR) is 126 cm³/mol. The number of benzene rings is 2. The monoisotopic (exact) mass is 471 g/mol. The van der Waals surface area contributed by atoms with Crippen LogP contribution < -0.4 is 14.6 Å². The van der Waals surface area contributed by atoms with Gasteiger partial charge in [-0.1, -0.05) is 37.3 Å². The molecule has 3 aliphatic rings. The smallest absolute Gasteiger partial charge is 0.333 e. The average Bonchev–Trinajstić information content (AvgIpc) is 3.12. The highest BCUT2D eigenvalue weighted by molar-refractivity contribution is 7.84. The van der Waals surface area contributed by atoms with Gasteiger partial charge in [-0.3, -0.25) is 4.18 Å². The van der Waals surface area contributed by atoms with Gasteiger partial charge < -0.3 is 9.47 Å². The van der Waals surface area contributed by atoms with Crippen LogP contribution in [0.3, 0.4) is 0 Å². The number of aryl methyl sites for hydroxylation is 1. The number of ether oxygens (including phenoxy) is 2. The van der Waals surface area contributed by atoms with Crippen molar-refractivity contribution in [2.75, 3.05) is 7.11 Å². The van der Waals surface area contributed by atoms with E-state index in [1.807, 2.05) is 18.2 Å². The maximum atomic E-state index is 11.6. The number of fused-ring (bicyclic) bond motifs is 5. The first-order valence-corrected chi connectivity index (χ1v) is 13.3. The summed E-state index contributed by atoms with van der Waals surface area (Å²) in [5.41, 5.74) is 3.70. The molecule has 0 saturated heterocycles. The van der Waals surface area contributed by atoms with Gasteiger partial charge in [0.2, 0.25) is 0 Å². The predicted octanol–water partition coefficient (Wildman–Crippen LogP) is 4.72. The molecule has 6 nitrogen and oxygen atoms in total.